The fourth-order valence-corrected chi connectivity index (χ4v) is 1.24. The number of hydrogen-bond acceptors (Lipinski definition) is 4. The Kier molecular flexibility index (Phi) is 6.21. The third-order valence-corrected chi connectivity index (χ3v) is 2.13. The molecule has 0 bridgehead atoms. The number of nitrogens with one attached hydrogen (secondary N) is 1. The van der Waals surface area contributed by atoms with Gasteiger partial charge in [-0.25, -0.2) is 9.59 Å². The zero-order chi connectivity index (χ0) is 14.3. The number of hydrogen-bond donors (Lipinski definition) is 1. The van der Waals surface area contributed by atoms with Crippen molar-refractivity contribution in [3.8, 4) is 0 Å². The molecular formula is C11H10Cl3NO4. The molecule has 0 aliphatic carbocycles. The van der Waals surface area contributed by atoms with Crippen molar-refractivity contribution in [1.82, 2.24) is 5.48 Å². The fourth-order valence-electron chi connectivity index (χ4n) is 1.07. The van der Waals surface area contributed by atoms with Gasteiger partial charge < -0.3 is 9.57 Å². The van der Waals surface area contributed by atoms with Crippen LogP contribution in [0.4, 0.5) is 4.79 Å². The summed E-state index contributed by atoms with van der Waals surface area (Å²) < 4.78 is 2.77. The molecule has 8 heteroatoms. The Labute approximate surface area is 124 Å². The lowest BCUT2D eigenvalue weighted by Gasteiger charge is -2.11. The third-order valence-electron chi connectivity index (χ3n) is 1.81. The fraction of sp³-hybridized carbons (Fsp3) is 0.273. The maximum Gasteiger partial charge on any atom is 0.440 e. The first-order valence-electron chi connectivity index (χ1n) is 5.10. The standard InChI is InChI=1S/C11H10Cl3NO4/c12-11(13,14)7-18-10(17)15-19-9(16)6-8-4-2-1-3-5-8/h1-5H,6-7H2,(H,15,17). The van der Waals surface area contributed by atoms with E-state index in [-0.39, 0.29) is 6.42 Å². The van der Waals surface area contributed by atoms with Gasteiger partial charge in [0, 0.05) is 0 Å². The van der Waals surface area contributed by atoms with Gasteiger partial charge in [-0.1, -0.05) is 65.1 Å². The minimum absolute atomic E-state index is 0.0194. The minimum atomic E-state index is -1.72. The molecule has 0 unspecified atom stereocenters. The van der Waals surface area contributed by atoms with Crippen molar-refractivity contribution in [3.05, 3.63) is 35.9 Å². The number of alkyl halides is 3. The van der Waals surface area contributed by atoms with E-state index in [0.29, 0.717) is 0 Å². The molecule has 0 radical (unpaired) electrons. The van der Waals surface area contributed by atoms with Crippen molar-refractivity contribution in [3.63, 3.8) is 0 Å². The molecule has 0 aromatic heterocycles. The van der Waals surface area contributed by atoms with Crippen molar-refractivity contribution in [2.45, 2.75) is 10.2 Å². The van der Waals surface area contributed by atoms with Crippen molar-refractivity contribution in [2.75, 3.05) is 6.61 Å². The number of carbonyl (C=O) groups is 2. The van der Waals surface area contributed by atoms with Crippen LogP contribution >= 0.6 is 34.8 Å². The molecule has 0 fully saturated rings. The second-order valence-electron chi connectivity index (χ2n) is 3.43. The molecule has 1 rings (SSSR count). The maximum atomic E-state index is 11.3. The molecular weight excluding hydrogens is 316 g/mol. The van der Waals surface area contributed by atoms with Crippen LogP contribution in [0.1, 0.15) is 5.56 Å². The van der Waals surface area contributed by atoms with Gasteiger partial charge in [0.15, 0.2) is 0 Å². The van der Waals surface area contributed by atoms with Gasteiger partial charge in [0.25, 0.3) is 0 Å². The van der Waals surface area contributed by atoms with Crippen LogP contribution in [0.3, 0.4) is 0 Å². The Morgan fingerprint density at radius 1 is 1.16 bits per heavy atom. The lowest BCUT2D eigenvalue weighted by molar-refractivity contribution is -0.148. The van der Waals surface area contributed by atoms with Gasteiger partial charge in [-0.2, -0.15) is 0 Å². The van der Waals surface area contributed by atoms with Gasteiger partial charge in [0.2, 0.25) is 3.79 Å². The predicted molar refractivity (Wildman–Crippen MR) is 71.0 cm³/mol. The summed E-state index contributed by atoms with van der Waals surface area (Å²) in [4.78, 5) is 26.9. The molecule has 0 saturated heterocycles. The van der Waals surface area contributed by atoms with Crippen LogP contribution in [0.15, 0.2) is 30.3 Å². The summed E-state index contributed by atoms with van der Waals surface area (Å²) in [5, 5.41) is 0. The van der Waals surface area contributed by atoms with E-state index in [1.165, 1.54) is 0 Å². The van der Waals surface area contributed by atoms with Crippen molar-refractivity contribution >= 4 is 46.9 Å². The molecule has 5 nitrogen and oxygen atoms in total. The molecule has 0 spiro atoms. The third kappa shape index (κ3) is 7.77. The summed E-state index contributed by atoms with van der Waals surface area (Å²) in [6.07, 6.45) is -1.00. The highest BCUT2D eigenvalue weighted by molar-refractivity contribution is 6.67. The lowest BCUT2D eigenvalue weighted by atomic mass is 10.2. The smallest absolute Gasteiger partial charge is 0.440 e. The topological polar surface area (TPSA) is 64.6 Å². The molecule has 1 N–H and O–H groups in total. The van der Waals surface area contributed by atoms with Gasteiger partial charge in [0.1, 0.15) is 6.61 Å². The summed E-state index contributed by atoms with van der Waals surface area (Å²) in [6, 6.07) is 8.89. The summed E-state index contributed by atoms with van der Waals surface area (Å²) in [7, 11) is 0. The SMILES string of the molecule is O=C(Cc1ccccc1)ONC(=O)OCC(Cl)(Cl)Cl. The maximum absolute atomic E-state index is 11.3. The molecule has 19 heavy (non-hydrogen) atoms. The second kappa shape index (κ2) is 7.43. The zero-order valence-corrected chi connectivity index (χ0v) is 11.8. The summed E-state index contributed by atoms with van der Waals surface area (Å²) in [6.45, 7) is -0.459. The van der Waals surface area contributed by atoms with Gasteiger partial charge in [0.05, 0.1) is 6.42 Å². The molecule has 1 aromatic rings. The second-order valence-corrected chi connectivity index (χ2v) is 5.95. The molecule has 0 atom stereocenters. The van der Waals surface area contributed by atoms with Crippen molar-refractivity contribution in [1.29, 1.82) is 0 Å². The number of hydroxylamine groups is 1. The highest BCUT2D eigenvalue weighted by Crippen LogP contribution is 2.25. The first-order chi connectivity index (χ1) is 8.87. The molecule has 0 aliphatic rings. The van der Waals surface area contributed by atoms with E-state index in [9.17, 15) is 9.59 Å². The van der Waals surface area contributed by atoms with Crippen LogP contribution in [0.2, 0.25) is 0 Å². The lowest BCUT2D eigenvalue weighted by Crippen LogP contribution is -2.30. The van der Waals surface area contributed by atoms with E-state index < -0.39 is 22.5 Å². The molecule has 104 valence electrons. The van der Waals surface area contributed by atoms with Crippen LogP contribution in [0.5, 0.6) is 0 Å². The zero-order valence-electron chi connectivity index (χ0n) is 9.57. The monoisotopic (exact) mass is 325 g/mol. The minimum Gasteiger partial charge on any atom is -0.443 e. The molecule has 0 saturated carbocycles. The number of amides is 1. The Hall–Kier alpha value is -1.17. The predicted octanol–water partition coefficient (Wildman–Crippen LogP) is 2.78. The number of carbonyl (C=O) groups excluding carboxylic acids is 2. The Morgan fingerprint density at radius 3 is 2.37 bits per heavy atom. The van der Waals surface area contributed by atoms with Gasteiger partial charge in [-0.3, -0.25) is 0 Å². The van der Waals surface area contributed by atoms with Crippen LogP contribution in [0, 0.1) is 0 Å². The highest BCUT2D eigenvalue weighted by Gasteiger charge is 2.22. The molecule has 1 aromatic carbocycles. The number of ether oxygens (including phenoxy) is 1. The highest BCUT2D eigenvalue weighted by atomic mass is 35.6. The quantitative estimate of drug-likeness (QED) is 0.685. The van der Waals surface area contributed by atoms with Crippen LogP contribution < -0.4 is 5.48 Å². The average Bonchev–Trinajstić information content (AvgIpc) is 2.34. The van der Waals surface area contributed by atoms with Gasteiger partial charge in [-0.15, -0.1) is 5.48 Å². The Morgan fingerprint density at radius 2 is 1.79 bits per heavy atom. The largest absolute Gasteiger partial charge is 0.443 e. The first-order valence-corrected chi connectivity index (χ1v) is 6.23. The van der Waals surface area contributed by atoms with Crippen molar-refractivity contribution < 1.29 is 19.2 Å². The van der Waals surface area contributed by atoms with E-state index in [4.69, 9.17) is 34.8 Å². The van der Waals surface area contributed by atoms with Crippen molar-refractivity contribution in [2.24, 2.45) is 0 Å². The number of halogens is 3. The number of benzene rings is 1. The molecule has 0 heterocycles. The Bertz CT molecular complexity index is 433. The normalized spacial score (nSPS) is 10.7. The van der Waals surface area contributed by atoms with Crippen LogP contribution in [-0.2, 0) is 20.8 Å². The van der Waals surface area contributed by atoms with E-state index >= 15 is 0 Å². The van der Waals surface area contributed by atoms with Crippen LogP contribution in [0.25, 0.3) is 0 Å². The molecule has 0 aliphatic heterocycles. The van der Waals surface area contributed by atoms with E-state index in [0.717, 1.165) is 5.56 Å². The summed E-state index contributed by atoms with van der Waals surface area (Å²) in [5.41, 5.74) is 2.54. The van der Waals surface area contributed by atoms with E-state index in [1.54, 1.807) is 29.7 Å². The van der Waals surface area contributed by atoms with Gasteiger partial charge >= 0.3 is 12.1 Å². The van der Waals surface area contributed by atoms with Crippen LogP contribution in [-0.4, -0.2) is 22.5 Å². The van der Waals surface area contributed by atoms with Gasteiger partial charge in [-0.05, 0) is 5.56 Å². The Balaban J connectivity index is 2.25. The first kappa shape index (κ1) is 15.9. The van der Waals surface area contributed by atoms with E-state index in [2.05, 4.69) is 9.57 Å². The van der Waals surface area contributed by atoms with E-state index in [1.807, 2.05) is 6.07 Å². The molecule has 1 amide bonds. The average molecular weight is 327 g/mol. The summed E-state index contributed by atoms with van der Waals surface area (Å²) >= 11 is 16.1. The number of rotatable bonds is 3. The summed E-state index contributed by atoms with van der Waals surface area (Å²) in [5.74, 6) is -0.642.